The Kier molecular flexibility index (Phi) is 5.59. The fourth-order valence-electron chi connectivity index (χ4n) is 1.99. The first-order valence-corrected chi connectivity index (χ1v) is 8.96. The summed E-state index contributed by atoms with van der Waals surface area (Å²) in [5.74, 6) is 0.377. The molecule has 24 heavy (non-hydrogen) atoms. The van der Waals surface area contributed by atoms with E-state index < -0.39 is 10.0 Å². The third-order valence-corrected chi connectivity index (χ3v) is 3.62. The van der Waals surface area contributed by atoms with Gasteiger partial charge in [0.25, 0.3) is 0 Å². The number of hydrogen-bond donors (Lipinski definition) is 2. The van der Waals surface area contributed by atoms with Crippen molar-refractivity contribution in [2.24, 2.45) is 0 Å². The monoisotopic (exact) mass is 346 g/mol. The van der Waals surface area contributed by atoms with Crippen LogP contribution in [0.3, 0.4) is 0 Å². The lowest BCUT2D eigenvalue weighted by Crippen LogP contribution is -2.10. The fourth-order valence-corrected chi connectivity index (χ4v) is 2.55. The number of hydrogen-bond acceptors (Lipinski definition) is 4. The molecule has 126 valence electrons. The lowest BCUT2D eigenvalue weighted by Gasteiger charge is -2.06. The van der Waals surface area contributed by atoms with Crippen molar-refractivity contribution in [1.82, 2.24) is 0 Å². The summed E-state index contributed by atoms with van der Waals surface area (Å²) in [5.41, 5.74) is 1.78. The van der Waals surface area contributed by atoms with Crippen molar-refractivity contribution in [3.8, 4) is 5.75 Å². The highest BCUT2D eigenvalue weighted by molar-refractivity contribution is 7.92. The number of rotatable bonds is 6. The molecule has 0 aliphatic rings. The molecule has 2 aromatic carbocycles. The van der Waals surface area contributed by atoms with Gasteiger partial charge in [-0.2, -0.15) is 0 Å². The minimum absolute atomic E-state index is 0.301. The van der Waals surface area contributed by atoms with Gasteiger partial charge in [0.05, 0.1) is 13.4 Å². The van der Waals surface area contributed by atoms with Gasteiger partial charge in [0, 0.05) is 23.0 Å². The Morgan fingerprint density at radius 2 is 1.67 bits per heavy atom. The second kappa shape index (κ2) is 7.65. The van der Waals surface area contributed by atoms with Crippen molar-refractivity contribution in [1.29, 1.82) is 0 Å². The summed E-state index contributed by atoms with van der Waals surface area (Å²) >= 11 is 0. The molecule has 2 rings (SSSR count). The molecule has 0 aliphatic heterocycles. The van der Waals surface area contributed by atoms with Crippen molar-refractivity contribution < 1.29 is 17.9 Å². The van der Waals surface area contributed by atoms with E-state index in [9.17, 15) is 13.2 Å². The fraction of sp³-hybridized carbons (Fsp3) is 0.118. The van der Waals surface area contributed by atoms with Gasteiger partial charge in [-0.15, -0.1) is 0 Å². The van der Waals surface area contributed by atoms with Crippen LogP contribution in [0.4, 0.5) is 11.4 Å². The van der Waals surface area contributed by atoms with Gasteiger partial charge in [-0.1, -0.05) is 18.2 Å². The molecule has 6 nitrogen and oxygen atoms in total. The van der Waals surface area contributed by atoms with Crippen LogP contribution in [0.1, 0.15) is 5.56 Å². The van der Waals surface area contributed by atoms with Gasteiger partial charge in [-0.3, -0.25) is 9.52 Å². The van der Waals surface area contributed by atoms with Gasteiger partial charge in [0.2, 0.25) is 15.9 Å². The molecular formula is C17H18N2O4S. The lowest BCUT2D eigenvalue weighted by atomic mass is 10.2. The maximum atomic E-state index is 11.9. The van der Waals surface area contributed by atoms with Gasteiger partial charge in [-0.25, -0.2) is 8.42 Å². The van der Waals surface area contributed by atoms with Gasteiger partial charge >= 0.3 is 0 Å². The van der Waals surface area contributed by atoms with Gasteiger partial charge in [0.15, 0.2) is 0 Å². The van der Waals surface area contributed by atoms with Gasteiger partial charge in [0.1, 0.15) is 5.75 Å². The minimum Gasteiger partial charge on any atom is -0.496 e. The first-order chi connectivity index (χ1) is 11.4. The highest BCUT2D eigenvalue weighted by atomic mass is 32.2. The van der Waals surface area contributed by atoms with E-state index in [1.54, 1.807) is 37.5 Å². The van der Waals surface area contributed by atoms with Crippen LogP contribution in [0.15, 0.2) is 54.6 Å². The molecule has 7 heteroatoms. The van der Waals surface area contributed by atoms with Gasteiger partial charge < -0.3 is 10.1 Å². The summed E-state index contributed by atoms with van der Waals surface area (Å²) in [6.45, 7) is 0. The summed E-state index contributed by atoms with van der Waals surface area (Å²) in [7, 11) is -1.75. The summed E-state index contributed by atoms with van der Waals surface area (Å²) in [4.78, 5) is 11.9. The smallest absolute Gasteiger partial charge is 0.248 e. The van der Waals surface area contributed by atoms with Crippen LogP contribution in [0.2, 0.25) is 0 Å². The van der Waals surface area contributed by atoms with E-state index in [0.29, 0.717) is 17.1 Å². The molecule has 0 heterocycles. The standard InChI is InChI=1S/C17H18N2O4S/c1-23-16-6-4-3-5-13(16)7-12-17(20)18-14-8-10-15(11-9-14)19-24(2,21)22/h3-12,19H,1-2H3,(H,18,20)/b12-7+. The first kappa shape index (κ1) is 17.6. The predicted molar refractivity (Wildman–Crippen MR) is 95.6 cm³/mol. The second-order valence-corrected chi connectivity index (χ2v) is 6.76. The molecule has 0 radical (unpaired) electrons. The normalized spacial score (nSPS) is 11.2. The number of nitrogens with one attached hydrogen (secondary N) is 2. The Hall–Kier alpha value is -2.80. The molecule has 0 bridgehead atoms. The summed E-state index contributed by atoms with van der Waals surface area (Å²) in [5, 5.41) is 2.70. The van der Waals surface area contributed by atoms with E-state index in [2.05, 4.69) is 10.0 Å². The van der Waals surface area contributed by atoms with Crippen LogP contribution >= 0.6 is 0 Å². The predicted octanol–water partition coefficient (Wildman–Crippen LogP) is 2.72. The Labute approximate surface area is 141 Å². The average molecular weight is 346 g/mol. The number of benzene rings is 2. The highest BCUT2D eigenvalue weighted by Crippen LogP contribution is 2.19. The summed E-state index contributed by atoms with van der Waals surface area (Å²) in [6.07, 6.45) is 4.14. The molecule has 1 amide bonds. The topological polar surface area (TPSA) is 84.5 Å². The van der Waals surface area contributed by atoms with Crippen molar-refractivity contribution in [3.05, 3.63) is 60.2 Å². The quantitative estimate of drug-likeness (QED) is 0.788. The number of carbonyl (C=O) groups excluding carboxylic acids is 1. The molecule has 0 aliphatic carbocycles. The number of sulfonamides is 1. The molecule has 0 unspecified atom stereocenters. The number of para-hydroxylation sites is 1. The first-order valence-electron chi connectivity index (χ1n) is 7.07. The van der Waals surface area contributed by atoms with Crippen LogP contribution in [0.25, 0.3) is 6.08 Å². The molecule has 2 aromatic rings. The SMILES string of the molecule is COc1ccccc1/C=C/C(=O)Nc1ccc(NS(C)(=O)=O)cc1. The number of anilines is 2. The van der Waals surface area contributed by atoms with E-state index in [4.69, 9.17) is 4.74 Å². The molecule has 0 spiro atoms. The van der Waals surface area contributed by atoms with Crippen LogP contribution < -0.4 is 14.8 Å². The molecule has 0 saturated heterocycles. The zero-order valence-corrected chi connectivity index (χ0v) is 14.1. The third-order valence-electron chi connectivity index (χ3n) is 3.01. The molecule has 2 N–H and O–H groups in total. The van der Waals surface area contributed by atoms with E-state index in [1.165, 1.54) is 6.08 Å². The number of amides is 1. The van der Waals surface area contributed by atoms with E-state index in [-0.39, 0.29) is 5.91 Å². The average Bonchev–Trinajstić information content (AvgIpc) is 2.53. The van der Waals surface area contributed by atoms with E-state index >= 15 is 0 Å². The second-order valence-electron chi connectivity index (χ2n) is 5.02. The Morgan fingerprint density at radius 3 is 2.29 bits per heavy atom. The maximum Gasteiger partial charge on any atom is 0.248 e. The Bertz CT molecular complexity index is 843. The van der Waals surface area contributed by atoms with Crippen LogP contribution in [0, 0.1) is 0 Å². The van der Waals surface area contributed by atoms with Crippen molar-refractivity contribution >= 4 is 33.4 Å². The molecular weight excluding hydrogens is 328 g/mol. The van der Waals surface area contributed by atoms with Crippen LogP contribution in [-0.2, 0) is 14.8 Å². The third kappa shape index (κ3) is 5.44. The molecule has 0 atom stereocenters. The lowest BCUT2D eigenvalue weighted by molar-refractivity contribution is -0.111. The number of ether oxygens (including phenoxy) is 1. The molecule has 0 saturated carbocycles. The van der Waals surface area contributed by atoms with Crippen molar-refractivity contribution in [2.45, 2.75) is 0 Å². The minimum atomic E-state index is -3.32. The summed E-state index contributed by atoms with van der Waals surface area (Å²) < 4.78 is 29.8. The molecule has 0 fully saturated rings. The Balaban J connectivity index is 2.00. The molecule has 0 aromatic heterocycles. The van der Waals surface area contributed by atoms with Crippen molar-refractivity contribution in [2.75, 3.05) is 23.4 Å². The van der Waals surface area contributed by atoms with E-state index in [1.807, 2.05) is 24.3 Å². The number of carbonyl (C=O) groups is 1. The summed E-state index contributed by atoms with van der Waals surface area (Å²) in [6, 6.07) is 13.7. The largest absolute Gasteiger partial charge is 0.496 e. The highest BCUT2D eigenvalue weighted by Gasteiger charge is 2.03. The maximum absolute atomic E-state index is 11.9. The van der Waals surface area contributed by atoms with Gasteiger partial charge in [-0.05, 0) is 36.4 Å². The van der Waals surface area contributed by atoms with Crippen LogP contribution in [-0.4, -0.2) is 27.7 Å². The number of methoxy groups -OCH3 is 1. The zero-order chi connectivity index (χ0) is 17.6. The Morgan fingerprint density at radius 1 is 1.04 bits per heavy atom. The van der Waals surface area contributed by atoms with Crippen molar-refractivity contribution in [3.63, 3.8) is 0 Å². The van der Waals surface area contributed by atoms with E-state index in [0.717, 1.165) is 11.8 Å². The zero-order valence-electron chi connectivity index (χ0n) is 13.3. The van der Waals surface area contributed by atoms with Crippen LogP contribution in [0.5, 0.6) is 5.75 Å².